The Balaban J connectivity index is 0.00000441. The monoisotopic (exact) mass is 341 g/mol. The molecule has 0 bridgehead atoms. The molecule has 0 spiro atoms. The predicted molar refractivity (Wildman–Crippen MR) is 87.1 cm³/mol. The zero-order valence-corrected chi connectivity index (χ0v) is 14.1. The number of hydrogen-bond acceptors (Lipinski definition) is 6. The number of aliphatic hydroxyl groups is 5. The van der Waals surface area contributed by atoms with Gasteiger partial charge >= 0.3 is 0 Å². The summed E-state index contributed by atoms with van der Waals surface area (Å²) in [5.74, 6) is 0. The maximum absolute atomic E-state index is 9.85. The predicted octanol–water partition coefficient (Wildman–Crippen LogP) is -0.0649. The fourth-order valence-electron chi connectivity index (χ4n) is 2.83. The molecule has 1 fully saturated rings. The molecule has 6 atom stereocenters. The van der Waals surface area contributed by atoms with Crippen LogP contribution in [0, 0.1) is 0 Å². The van der Waals surface area contributed by atoms with E-state index in [1.165, 1.54) is 32.1 Å². The molecule has 0 amide bonds. The minimum Gasteiger partial charge on any atom is -0.389 e. The van der Waals surface area contributed by atoms with Crippen LogP contribution in [0.4, 0.5) is 0 Å². The summed E-state index contributed by atoms with van der Waals surface area (Å²) in [7, 11) is 0. The molecule has 0 aromatic heterocycles. The summed E-state index contributed by atoms with van der Waals surface area (Å²) in [6, 6.07) is -0.821. The van der Waals surface area contributed by atoms with E-state index in [-0.39, 0.29) is 12.4 Å². The van der Waals surface area contributed by atoms with Gasteiger partial charge in [0, 0.05) is 0 Å². The Morgan fingerprint density at radius 1 is 0.636 bits per heavy atom. The van der Waals surface area contributed by atoms with Crippen molar-refractivity contribution in [2.24, 2.45) is 0 Å². The molecule has 0 aliphatic heterocycles. The maximum atomic E-state index is 9.85. The third kappa shape index (κ3) is 6.28. The highest BCUT2D eigenvalue weighted by atomic mass is 35.5. The van der Waals surface area contributed by atoms with Gasteiger partial charge in [0.25, 0.3) is 0 Å². The summed E-state index contributed by atoms with van der Waals surface area (Å²) < 4.78 is 0. The summed E-state index contributed by atoms with van der Waals surface area (Å²) >= 11 is 0. The molecule has 0 aromatic rings. The molecular weight excluding hydrogens is 310 g/mol. The van der Waals surface area contributed by atoms with Gasteiger partial charge < -0.3 is 30.8 Å². The zero-order valence-electron chi connectivity index (χ0n) is 13.3. The van der Waals surface area contributed by atoms with Crippen LogP contribution in [0.3, 0.4) is 0 Å². The fraction of sp³-hybridized carbons (Fsp3) is 1.00. The van der Waals surface area contributed by atoms with Crippen LogP contribution in [-0.2, 0) is 0 Å². The second-order valence-corrected chi connectivity index (χ2v) is 6.05. The third-order valence-electron chi connectivity index (χ3n) is 4.30. The van der Waals surface area contributed by atoms with E-state index in [2.05, 4.69) is 12.2 Å². The summed E-state index contributed by atoms with van der Waals surface area (Å²) in [6.07, 6.45) is 1.16. The lowest BCUT2D eigenvalue weighted by atomic mass is 9.83. The average molecular weight is 342 g/mol. The van der Waals surface area contributed by atoms with Gasteiger partial charge in [-0.3, -0.25) is 0 Å². The van der Waals surface area contributed by atoms with Crippen molar-refractivity contribution in [2.45, 2.75) is 88.4 Å². The number of unbranched alkanes of at least 4 members (excludes halogenated alkanes) is 6. The molecule has 22 heavy (non-hydrogen) atoms. The maximum Gasteiger partial charge on any atom is 0.111 e. The van der Waals surface area contributed by atoms with Gasteiger partial charge in [0.05, 0.1) is 6.04 Å². The van der Waals surface area contributed by atoms with Crippen LogP contribution in [0.5, 0.6) is 0 Å². The first-order valence-electron chi connectivity index (χ1n) is 8.14. The van der Waals surface area contributed by atoms with Gasteiger partial charge in [-0.15, -0.1) is 12.4 Å². The molecule has 1 rings (SSSR count). The Bertz CT molecular complexity index is 269. The summed E-state index contributed by atoms with van der Waals surface area (Å²) in [6.45, 7) is 2.78. The van der Waals surface area contributed by atoms with Gasteiger partial charge in [0.1, 0.15) is 30.5 Å². The summed E-state index contributed by atoms with van der Waals surface area (Å²) in [4.78, 5) is 0. The van der Waals surface area contributed by atoms with Gasteiger partial charge in [-0.2, -0.15) is 0 Å². The third-order valence-corrected chi connectivity index (χ3v) is 4.30. The normalized spacial score (nSPS) is 35.2. The topological polar surface area (TPSA) is 113 Å². The Morgan fingerprint density at radius 2 is 1.05 bits per heavy atom. The number of aliphatic hydroxyl groups excluding tert-OH is 5. The molecule has 1 aliphatic rings. The van der Waals surface area contributed by atoms with E-state index in [0.717, 1.165) is 12.8 Å². The van der Waals surface area contributed by atoms with Crippen molar-refractivity contribution < 1.29 is 25.5 Å². The van der Waals surface area contributed by atoms with E-state index >= 15 is 0 Å². The second-order valence-electron chi connectivity index (χ2n) is 6.05. The number of nitrogens with one attached hydrogen (secondary N) is 1. The SMILES string of the molecule is CCCCCCCCCNC1[C@@H](O)[C@H](O)C(O)[C@H](O)[C@H]1O.Cl. The molecule has 1 saturated carbocycles. The highest BCUT2D eigenvalue weighted by Crippen LogP contribution is 2.21. The second kappa shape index (κ2) is 11.6. The fourth-order valence-corrected chi connectivity index (χ4v) is 2.83. The van der Waals surface area contributed by atoms with Crippen LogP contribution in [-0.4, -0.2) is 68.6 Å². The van der Waals surface area contributed by atoms with E-state index in [0.29, 0.717) is 6.54 Å². The molecule has 0 aromatic carbocycles. The van der Waals surface area contributed by atoms with E-state index in [1.807, 2.05) is 0 Å². The summed E-state index contributed by atoms with van der Waals surface area (Å²) in [5.41, 5.74) is 0. The highest BCUT2D eigenvalue weighted by Gasteiger charge is 2.47. The van der Waals surface area contributed by atoms with Crippen LogP contribution in [0.1, 0.15) is 51.9 Å². The quantitative estimate of drug-likeness (QED) is 0.327. The smallest absolute Gasteiger partial charge is 0.111 e. The molecule has 0 heterocycles. The van der Waals surface area contributed by atoms with Gasteiger partial charge in [-0.25, -0.2) is 0 Å². The van der Waals surface area contributed by atoms with Crippen molar-refractivity contribution in [1.82, 2.24) is 5.32 Å². The Morgan fingerprint density at radius 3 is 1.55 bits per heavy atom. The van der Waals surface area contributed by atoms with Gasteiger partial charge in [-0.05, 0) is 13.0 Å². The Labute approximate surface area is 139 Å². The first-order chi connectivity index (χ1) is 10.0. The molecular formula is C15H32ClNO5. The lowest BCUT2D eigenvalue weighted by Crippen LogP contribution is -2.67. The van der Waals surface area contributed by atoms with E-state index < -0.39 is 36.6 Å². The van der Waals surface area contributed by atoms with Crippen LogP contribution >= 0.6 is 12.4 Å². The first kappa shape index (κ1) is 22.1. The number of halogens is 1. The van der Waals surface area contributed by atoms with E-state index in [9.17, 15) is 25.5 Å². The van der Waals surface area contributed by atoms with Gasteiger partial charge in [0.15, 0.2) is 0 Å². The summed E-state index contributed by atoms with van der Waals surface area (Å²) in [5, 5.41) is 51.4. The van der Waals surface area contributed by atoms with Crippen molar-refractivity contribution >= 4 is 12.4 Å². The zero-order chi connectivity index (χ0) is 15.8. The first-order valence-corrected chi connectivity index (χ1v) is 8.14. The molecule has 0 saturated heterocycles. The average Bonchev–Trinajstić information content (AvgIpc) is 2.49. The minimum absolute atomic E-state index is 0. The molecule has 1 aliphatic carbocycles. The minimum atomic E-state index is -1.52. The molecule has 6 nitrogen and oxygen atoms in total. The largest absolute Gasteiger partial charge is 0.389 e. The van der Waals surface area contributed by atoms with Gasteiger partial charge in [0.2, 0.25) is 0 Å². The highest BCUT2D eigenvalue weighted by molar-refractivity contribution is 5.85. The Hall–Kier alpha value is 0.0500. The van der Waals surface area contributed by atoms with Crippen LogP contribution < -0.4 is 5.32 Å². The van der Waals surface area contributed by atoms with Crippen LogP contribution in [0.25, 0.3) is 0 Å². The van der Waals surface area contributed by atoms with Crippen molar-refractivity contribution in [3.05, 3.63) is 0 Å². The van der Waals surface area contributed by atoms with Crippen LogP contribution in [0.2, 0.25) is 0 Å². The standard InChI is InChI=1S/C15H31NO5.ClH/c1-2-3-4-5-6-7-8-9-16-10-11(17)13(19)15(21)14(20)12(10)18;/h10-21H,2-9H2,1H3;1H/t10?,11-,12+,13+,14-,15?;. The lowest BCUT2D eigenvalue weighted by molar-refractivity contribution is -0.190. The molecule has 134 valence electrons. The van der Waals surface area contributed by atoms with Crippen molar-refractivity contribution in [3.8, 4) is 0 Å². The van der Waals surface area contributed by atoms with Crippen molar-refractivity contribution in [3.63, 3.8) is 0 Å². The molecule has 2 unspecified atom stereocenters. The van der Waals surface area contributed by atoms with Crippen LogP contribution in [0.15, 0.2) is 0 Å². The molecule has 6 N–H and O–H groups in total. The number of hydrogen-bond donors (Lipinski definition) is 6. The van der Waals surface area contributed by atoms with E-state index in [1.54, 1.807) is 0 Å². The number of rotatable bonds is 9. The van der Waals surface area contributed by atoms with Gasteiger partial charge in [-0.1, -0.05) is 45.4 Å². The Kier molecular flexibility index (Phi) is 11.6. The van der Waals surface area contributed by atoms with Crippen molar-refractivity contribution in [2.75, 3.05) is 6.54 Å². The van der Waals surface area contributed by atoms with Crippen molar-refractivity contribution in [1.29, 1.82) is 0 Å². The molecule has 7 heteroatoms. The van der Waals surface area contributed by atoms with E-state index in [4.69, 9.17) is 0 Å². The molecule has 0 radical (unpaired) electrons. The lowest BCUT2D eigenvalue weighted by Gasteiger charge is -2.42.